The van der Waals surface area contributed by atoms with Crippen LogP contribution in [0.3, 0.4) is 0 Å². The van der Waals surface area contributed by atoms with Crippen LogP contribution in [0, 0.1) is 0 Å². The standard InChI is InChI=1S/C22H28N2O3S2/c1-22(2,3)16-8-10-18(11-9-16)29(26,27)24-14-12-17(13-15-24)23-21(25)19-6-4-5-7-20(19)28/h4-11,17,28H,12-15H2,1-3H3,(H,23,25). The molecule has 0 unspecified atom stereocenters. The monoisotopic (exact) mass is 432 g/mol. The molecule has 0 aliphatic carbocycles. The molecule has 2 aromatic carbocycles. The lowest BCUT2D eigenvalue weighted by Gasteiger charge is -2.31. The van der Waals surface area contributed by atoms with Gasteiger partial charge in [-0.15, -0.1) is 12.6 Å². The molecule has 5 nitrogen and oxygen atoms in total. The SMILES string of the molecule is CC(C)(C)c1ccc(S(=O)(=O)N2CCC(NC(=O)c3ccccc3S)CC2)cc1. The summed E-state index contributed by atoms with van der Waals surface area (Å²) >= 11 is 4.32. The molecule has 0 spiro atoms. The number of nitrogens with zero attached hydrogens (tertiary/aromatic N) is 1. The number of rotatable bonds is 4. The third-order valence-corrected chi connectivity index (χ3v) is 7.60. The molecule has 1 aliphatic heterocycles. The van der Waals surface area contributed by atoms with Crippen LogP contribution in [0.1, 0.15) is 49.5 Å². The van der Waals surface area contributed by atoms with Crippen LogP contribution in [0.2, 0.25) is 0 Å². The molecule has 0 bridgehead atoms. The Morgan fingerprint density at radius 2 is 1.62 bits per heavy atom. The van der Waals surface area contributed by atoms with Crippen molar-refractivity contribution >= 4 is 28.6 Å². The first kappa shape index (κ1) is 21.9. The Morgan fingerprint density at radius 3 is 2.17 bits per heavy atom. The summed E-state index contributed by atoms with van der Waals surface area (Å²) in [5, 5.41) is 3.00. The maximum absolute atomic E-state index is 13.0. The van der Waals surface area contributed by atoms with Gasteiger partial charge >= 0.3 is 0 Å². The van der Waals surface area contributed by atoms with Crippen molar-refractivity contribution in [3.63, 3.8) is 0 Å². The maximum Gasteiger partial charge on any atom is 0.252 e. The zero-order valence-corrected chi connectivity index (χ0v) is 18.8. The van der Waals surface area contributed by atoms with Crippen LogP contribution in [-0.4, -0.2) is 37.8 Å². The molecule has 0 radical (unpaired) electrons. The van der Waals surface area contributed by atoms with Crippen molar-refractivity contribution in [1.82, 2.24) is 9.62 Å². The molecular formula is C22H28N2O3S2. The highest BCUT2D eigenvalue weighted by atomic mass is 32.2. The summed E-state index contributed by atoms with van der Waals surface area (Å²) in [5.74, 6) is -0.172. The normalized spacial score (nSPS) is 16.6. The lowest BCUT2D eigenvalue weighted by Crippen LogP contribution is -2.46. The number of sulfonamides is 1. The number of thiol groups is 1. The van der Waals surface area contributed by atoms with Crippen molar-refractivity contribution in [2.75, 3.05) is 13.1 Å². The number of hydrogen-bond donors (Lipinski definition) is 2. The molecule has 1 saturated heterocycles. The minimum Gasteiger partial charge on any atom is -0.349 e. The molecule has 1 heterocycles. The zero-order chi connectivity index (χ0) is 21.2. The van der Waals surface area contributed by atoms with Gasteiger partial charge in [0.15, 0.2) is 0 Å². The average molecular weight is 433 g/mol. The number of carbonyl (C=O) groups excluding carboxylic acids is 1. The van der Waals surface area contributed by atoms with Crippen LogP contribution < -0.4 is 5.32 Å². The predicted molar refractivity (Wildman–Crippen MR) is 118 cm³/mol. The molecule has 1 amide bonds. The average Bonchev–Trinajstić information content (AvgIpc) is 2.68. The summed E-state index contributed by atoms with van der Waals surface area (Å²) in [6.07, 6.45) is 1.17. The smallest absolute Gasteiger partial charge is 0.252 e. The number of carbonyl (C=O) groups is 1. The molecule has 3 rings (SSSR count). The second-order valence-corrected chi connectivity index (χ2v) is 10.9. The van der Waals surface area contributed by atoms with E-state index in [4.69, 9.17) is 0 Å². The third kappa shape index (κ3) is 5.02. The van der Waals surface area contributed by atoms with Crippen LogP contribution in [0.25, 0.3) is 0 Å². The molecule has 156 valence electrons. The van der Waals surface area contributed by atoms with Gasteiger partial charge in [-0.3, -0.25) is 4.79 Å². The topological polar surface area (TPSA) is 66.5 Å². The highest BCUT2D eigenvalue weighted by Crippen LogP contribution is 2.26. The van der Waals surface area contributed by atoms with Crippen molar-refractivity contribution in [1.29, 1.82) is 0 Å². The van der Waals surface area contributed by atoms with Crippen molar-refractivity contribution in [3.8, 4) is 0 Å². The Hall–Kier alpha value is -1.83. The molecule has 0 aromatic heterocycles. The van der Waals surface area contributed by atoms with E-state index in [0.29, 0.717) is 41.3 Å². The van der Waals surface area contributed by atoms with Gasteiger partial charge < -0.3 is 5.32 Å². The number of piperidine rings is 1. The molecule has 1 aliphatic rings. The Kier molecular flexibility index (Phi) is 6.41. The molecular weight excluding hydrogens is 404 g/mol. The Morgan fingerprint density at radius 1 is 1.03 bits per heavy atom. The van der Waals surface area contributed by atoms with Crippen LogP contribution in [-0.2, 0) is 15.4 Å². The van der Waals surface area contributed by atoms with Crippen LogP contribution in [0.5, 0.6) is 0 Å². The van der Waals surface area contributed by atoms with Gasteiger partial charge in [0.25, 0.3) is 5.91 Å². The van der Waals surface area contributed by atoms with E-state index in [1.807, 2.05) is 18.2 Å². The third-order valence-electron chi connectivity index (χ3n) is 5.30. The van der Waals surface area contributed by atoms with Crippen LogP contribution in [0.4, 0.5) is 0 Å². The predicted octanol–water partition coefficient (Wildman–Crippen LogP) is 3.86. The number of hydrogen-bond acceptors (Lipinski definition) is 4. The van der Waals surface area contributed by atoms with Gasteiger partial charge in [0.05, 0.1) is 10.5 Å². The van der Waals surface area contributed by atoms with E-state index in [0.717, 1.165) is 5.56 Å². The molecule has 0 saturated carbocycles. The Labute approximate surface area is 179 Å². The summed E-state index contributed by atoms with van der Waals surface area (Å²) < 4.78 is 27.5. The molecule has 1 N–H and O–H groups in total. The number of amides is 1. The van der Waals surface area contributed by atoms with Crippen molar-refractivity contribution in [3.05, 3.63) is 59.7 Å². The second kappa shape index (κ2) is 8.50. The van der Waals surface area contributed by atoms with Crippen LogP contribution in [0.15, 0.2) is 58.3 Å². The molecule has 7 heteroatoms. The van der Waals surface area contributed by atoms with E-state index in [1.54, 1.807) is 30.3 Å². The fourth-order valence-corrected chi connectivity index (χ4v) is 5.18. The van der Waals surface area contributed by atoms with Crippen molar-refractivity contribution in [2.24, 2.45) is 0 Å². The molecule has 1 fully saturated rings. The summed E-state index contributed by atoms with van der Waals surface area (Å²) in [5.41, 5.74) is 1.61. The van der Waals surface area contributed by atoms with Gasteiger partial charge in [-0.25, -0.2) is 8.42 Å². The van der Waals surface area contributed by atoms with Crippen molar-refractivity contribution in [2.45, 2.75) is 54.9 Å². The summed E-state index contributed by atoms with van der Waals surface area (Å²) in [7, 11) is -3.53. The van der Waals surface area contributed by atoms with Crippen molar-refractivity contribution < 1.29 is 13.2 Å². The highest BCUT2D eigenvalue weighted by Gasteiger charge is 2.30. The Balaban J connectivity index is 1.62. The van der Waals surface area contributed by atoms with E-state index >= 15 is 0 Å². The minimum atomic E-state index is -3.53. The van der Waals surface area contributed by atoms with Gasteiger partial charge in [0, 0.05) is 24.0 Å². The zero-order valence-electron chi connectivity index (χ0n) is 17.1. The largest absolute Gasteiger partial charge is 0.349 e. The van der Waals surface area contributed by atoms with Gasteiger partial charge in [-0.1, -0.05) is 45.0 Å². The summed E-state index contributed by atoms with van der Waals surface area (Å²) in [4.78, 5) is 13.4. The number of nitrogens with one attached hydrogen (secondary N) is 1. The van der Waals surface area contributed by atoms with Gasteiger partial charge in [-0.2, -0.15) is 4.31 Å². The van der Waals surface area contributed by atoms with Gasteiger partial charge in [0.1, 0.15) is 0 Å². The van der Waals surface area contributed by atoms with Crippen LogP contribution >= 0.6 is 12.6 Å². The number of benzene rings is 2. The van der Waals surface area contributed by atoms with E-state index in [2.05, 4.69) is 38.7 Å². The fourth-order valence-electron chi connectivity index (χ4n) is 3.45. The summed E-state index contributed by atoms with van der Waals surface area (Å²) in [6, 6.07) is 14.2. The van der Waals surface area contributed by atoms with E-state index in [1.165, 1.54) is 4.31 Å². The molecule has 0 atom stereocenters. The lowest BCUT2D eigenvalue weighted by molar-refractivity contribution is 0.0921. The minimum absolute atomic E-state index is 0.0233. The Bertz CT molecular complexity index is 972. The van der Waals surface area contributed by atoms with E-state index in [9.17, 15) is 13.2 Å². The quantitative estimate of drug-likeness (QED) is 0.721. The fraction of sp³-hybridized carbons (Fsp3) is 0.409. The first-order valence-electron chi connectivity index (χ1n) is 9.78. The van der Waals surface area contributed by atoms with Gasteiger partial charge in [0.2, 0.25) is 10.0 Å². The second-order valence-electron chi connectivity index (χ2n) is 8.44. The first-order valence-corrected chi connectivity index (χ1v) is 11.7. The lowest BCUT2D eigenvalue weighted by atomic mass is 9.87. The molecule has 2 aromatic rings. The van der Waals surface area contributed by atoms with Gasteiger partial charge in [-0.05, 0) is 48.1 Å². The first-order chi connectivity index (χ1) is 13.6. The van der Waals surface area contributed by atoms with E-state index in [-0.39, 0.29) is 17.4 Å². The maximum atomic E-state index is 13.0. The highest BCUT2D eigenvalue weighted by molar-refractivity contribution is 7.89. The molecule has 29 heavy (non-hydrogen) atoms. The van der Waals surface area contributed by atoms with E-state index < -0.39 is 10.0 Å². The summed E-state index contributed by atoms with van der Waals surface area (Å²) in [6.45, 7) is 7.07.